The standard InChI is InChI=1S/C65H112N4/c1-7-19-47(20-8-1)52-43-62(50-21-9-2-10-22-50)66-63(44-52)51-33-31-48(32-34-51)49-35-37-57(38-36-49)69-64-41-39-58(67(53-23-11-3-12-24-53)54-25-13-4-14-26-54)45-60(64)61-46-59(40-42-65(61)69)68(55-27-15-5-16-28-55)56-29-17-6-18-30-56/h47-66H,1-46H2. The Morgan fingerprint density at radius 1 is 0.246 bits per heavy atom. The van der Waals surface area contributed by atoms with Crippen LogP contribution in [0.15, 0.2) is 0 Å². The van der Waals surface area contributed by atoms with E-state index < -0.39 is 0 Å². The molecule has 12 aliphatic rings. The highest BCUT2D eigenvalue weighted by atomic mass is 15.3. The van der Waals surface area contributed by atoms with Gasteiger partial charge in [0.05, 0.1) is 0 Å². The molecule has 10 saturated carbocycles. The first kappa shape index (κ1) is 49.7. The maximum atomic E-state index is 4.51. The summed E-state index contributed by atoms with van der Waals surface area (Å²) >= 11 is 0. The molecular weight excluding hydrogens is 837 g/mol. The Kier molecular flexibility index (Phi) is 17.1. The summed E-state index contributed by atoms with van der Waals surface area (Å²) in [7, 11) is 0. The van der Waals surface area contributed by atoms with Crippen molar-refractivity contribution in [2.24, 2.45) is 47.3 Å². The number of likely N-dealkylation sites (tertiary alicyclic amines) is 1. The average molecular weight is 950 g/mol. The minimum absolute atomic E-state index is 0.838. The molecule has 9 atom stereocenters. The van der Waals surface area contributed by atoms with Crippen molar-refractivity contribution in [3.05, 3.63) is 0 Å². The number of rotatable bonds is 11. The van der Waals surface area contributed by atoms with Gasteiger partial charge in [-0.1, -0.05) is 128 Å². The van der Waals surface area contributed by atoms with Crippen molar-refractivity contribution in [1.29, 1.82) is 0 Å². The summed E-state index contributed by atoms with van der Waals surface area (Å²) in [6.45, 7) is 0. The van der Waals surface area contributed by atoms with Crippen LogP contribution in [0.3, 0.4) is 0 Å². The Hall–Kier alpha value is -0.160. The summed E-state index contributed by atoms with van der Waals surface area (Å²) in [5.41, 5.74) is 0. The Balaban J connectivity index is 0.723. The van der Waals surface area contributed by atoms with Crippen LogP contribution >= 0.6 is 0 Å². The second-order valence-electron chi connectivity index (χ2n) is 28.6. The summed E-state index contributed by atoms with van der Waals surface area (Å²) in [5, 5.41) is 4.51. The largest absolute Gasteiger partial charge is 0.311 e. The highest BCUT2D eigenvalue weighted by Gasteiger charge is 2.57. The van der Waals surface area contributed by atoms with Gasteiger partial charge in [-0.05, 0) is 214 Å². The second-order valence-corrected chi connectivity index (χ2v) is 28.6. The molecule has 2 heterocycles. The van der Waals surface area contributed by atoms with E-state index in [1.54, 1.807) is 89.9 Å². The van der Waals surface area contributed by atoms with Crippen molar-refractivity contribution >= 4 is 0 Å². The number of fused-ring (bicyclic) bond motifs is 3. The van der Waals surface area contributed by atoms with Crippen LogP contribution in [0.4, 0.5) is 0 Å². The van der Waals surface area contributed by atoms with Crippen LogP contribution < -0.4 is 5.32 Å². The van der Waals surface area contributed by atoms with E-state index in [2.05, 4.69) is 20.0 Å². The lowest BCUT2D eigenvalue weighted by molar-refractivity contribution is -0.00956. The second kappa shape index (κ2) is 23.8. The maximum absolute atomic E-state index is 4.51. The fraction of sp³-hybridized carbons (Fsp3) is 1.00. The lowest BCUT2D eigenvalue weighted by atomic mass is 9.65. The van der Waals surface area contributed by atoms with Gasteiger partial charge >= 0.3 is 0 Å². The van der Waals surface area contributed by atoms with Gasteiger partial charge in [-0.15, -0.1) is 0 Å². The first-order valence-electron chi connectivity index (χ1n) is 33.3. The minimum Gasteiger partial charge on any atom is -0.311 e. The molecule has 2 saturated heterocycles. The molecule has 12 fully saturated rings. The van der Waals surface area contributed by atoms with Crippen LogP contribution in [0, 0.1) is 47.3 Å². The van der Waals surface area contributed by atoms with Gasteiger partial charge in [-0.3, -0.25) is 14.7 Å². The Morgan fingerprint density at radius 3 is 0.971 bits per heavy atom. The summed E-state index contributed by atoms with van der Waals surface area (Å²) < 4.78 is 0. The monoisotopic (exact) mass is 949 g/mol. The molecule has 0 radical (unpaired) electrons. The number of nitrogens with zero attached hydrogens (tertiary/aromatic N) is 3. The maximum Gasteiger partial charge on any atom is 0.0134 e. The van der Waals surface area contributed by atoms with E-state index >= 15 is 0 Å². The normalized spacial score (nSPS) is 43.0. The summed E-state index contributed by atoms with van der Waals surface area (Å²) in [5.74, 6) is 8.07. The number of hydrogen-bond acceptors (Lipinski definition) is 4. The summed E-state index contributed by atoms with van der Waals surface area (Å²) in [6, 6.07) is 9.79. The third-order valence-corrected chi connectivity index (χ3v) is 25.1. The van der Waals surface area contributed by atoms with Crippen LogP contribution in [-0.4, -0.2) is 81.2 Å². The lowest BCUT2D eigenvalue weighted by Gasteiger charge is -2.51. The van der Waals surface area contributed by atoms with Gasteiger partial charge in [-0.2, -0.15) is 0 Å². The molecule has 69 heavy (non-hydrogen) atoms. The molecular formula is C65H112N4. The highest BCUT2D eigenvalue weighted by Crippen LogP contribution is 2.55. The highest BCUT2D eigenvalue weighted by molar-refractivity contribution is 5.11. The third kappa shape index (κ3) is 11.2. The first-order valence-corrected chi connectivity index (χ1v) is 33.3. The molecule has 4 nitrogen and oxygen atoms in total. The summed E-state index contributed by atoms with van der Waals surface area (Å²) in [6.07, 6.45) is 70.3. The molecule has 4 heteroatoms. The van der Waals surface area contributed by atoms with E-state index in [0.29, 0.717) is 0 Å². The van der Waals surface area contributed by atoms with Gasteiger partial charge in [0.25, 0.3) is 0 Å². The molecule has 9 unspecified atom stereocenters. The zero-order chi connectivity index (χ0) is 45.9. The van der Waals surface area contributed by atoms with E-state index in [-0.39, 0.29) is 0 Å². The Morgan fingerprint density at radius 2 is 0.565 bits per heavy atom. The van der Waals surface area contributed by atoms with Crippen molar-refractivity contribution in [1.82, 2.24) is 20.0 Å². The fourth-order valence-corrected chi connectivity index (χ4v) is 21.9. The van der Waals surface area contributed by atoms with Crippen LogP contribution in [0.2, 0.25) is 0 Å². The molecule has 0 bridgehead atoms. The van der Waals surface area contributed by atoms with E-state index in [0.717, 1.165) is 114 Å². The third-order valence-electron chi connectivity index (χ3n) is 25.1. The van der Waals surface area contributed by atoms with Crippen LogP contribution in [0.5, 0.6) is 0 Å². The minimum atomic E-state index is 0.838. The summed E-state index contributed by atoms with van der Waals surface area (Å²) in [4.78, 5) is 10.1. The van der Waals surface area contributed by atoms with Gasteiger partial charge in [0.2, 0.25) is 0 Å². The molecule has 10 aliphatic carbocycles. The smallest absolute Gasteiger partial charge is 0.0134 e. The van der Waals surface area contributed by atoms with E-state index in [9.17, 15) is 0 Å². The molecule has 0 spiro atoms. The van der Waals surface area contributed by atoms with Crippen molar-refractivity contribution < 1.29 is 0 Å². The van der Waals surface area contributed by atoms with Gasteiger partial charge in [0.1, 0.15) is 0 Å². The lowest BCUT2D eigenvalue weighted by Crippen LogP contribution is -2.55. The quantitative estimate of drug-likeness (QED) is 0.223. The topological polar surface area (TPSA) is 21.8 Å². The van der Waals surface area contributed by atoms with E-state index in [4.69, 9.17) is 0 Å². The molecule has 0 amide bonds. The van der Waals surface area contributed by atoms with E-state index in [1.165, 1.54) is 205 Å². The number of piperidine rings is 1. The van der Waals surface area contributed by atoms with Crippen LogP contribution in [0.1, 0.15) is 295 Å². The van der Waals surface area contributed by atoms with Gasteiger partial charge < -0.3 is 5.32 Å². The predicted molar refractivity (Wildman–Crippen MR) is 291 cm³/mol. The average Bonchev–Trinajstić information content (AvgIpc) is 3.75. The van der Waals surface area contributed by atoms with Crippen LogP contribution in [0.25, 0.3) is 0 Å². The predicted octanol–water partition coefficient (Wildman–Crippen LogP) is 16.6. The molecule has 0 aromatic carbocycles. The number of nitrogens with one attached hydrogen (secondary N) is 1. The molecule has 0 aromatic heterocycles. The fourth-order valence-electron chi connectivity index (χ4n) is 21.9. The van der Waals surface area contributed by atoms with Crippen molar-refractivity contribution in [3.63, 3.8) is 0 Å². The van der Waals surface area contributed by atoms with Gasteiger partial charge in [0.15, 0.2) is 0 Å². The van der Waals surface area contributed by atoms with Crippen molar-refractivity contribution in [3.8, 4) is 0 Å². The van der Waals surface area contributed by atoms with Gasteiger partial charge in [0, 0.05) is 66.5 Å². The molecule has 392 valence electrons. The first-order chi connectivity index (χ1) is 34.2. The Labute approximate surface area is 427 Å². The van der Waals surface area contributed by atoms with E-state index in [1.807, 2.05) is 0 Å². The SMILES string of the molecule is C1CCC(C2CC(C3CCCCC3)NC(C3CCC(C4CCC(N5C6CCC(N(C7CCCCC7)C7CCCCC7)CC6C6CC(N(C7CCCCC7)C7CCCCC7)CCC65)CC4)CC3)C2)CC1. The van der Waals surface area contributed by atoms with Crippen LogP contribution in [-0.2, 0) is 0 Å². The Bertz CT molecular complexity index is 1390. The van der Waals surface area contributed by atoms with Gasteiger partial charge in [-0.25, -0.2) is 0 Å². The number of hydrogen-bond donors (Lipinski definition) is 1. The van der Waals surface area contributed by atoms with Crippen molar-refractivity contribution in [2.45, 2.75) is 362 Å². The molecule has 1 N–H and O–H groups in total. The zero-order valence-corrected chi connectivity index (χ0v) is 45.3. The molecule has 0 aromatic rings. The molecule has 12 rings (SSSR count). The zero-order valence-electron chi connectivity index (χ0n) is 45.3. The molecule has 2 aliphatic heterocycles. The van der Waals surface area contributed by atoms with Crippen molar-refractivity contribution in [2.75, 3.05) is 0 Å².